The smallest absolute Gasteiger partial charge is 0.408 e. The molecule has 3 amide bonds. The lowest BCUT2D eigenvalue weighted by Gasteiger charge is -2.34. The Labute approximate surface area is 222 Å². The molecule has 0 aromatic carbocycles. The van der Waals surface area contributed by atoms with Gasteiger partial charge in [0.15, 0.2) is 0 Å². The highest BCUT2D eigenvalue weighted by molar-refractivity contribution is 9.11. The first-order valence-corrected chi connectivity index (χ1v) is 12.5. The van der Waals surface area contributed by atoms with Crippen molar-refractivity contribution in [3.05, 3.63) is 47.0 Å². The van der Waals surface area contributed by atoms with E-state index < -0.39 is 23.6 Å². The molecular formula is C25H37BrClN3O5. The van der Waals surface area contributed by atoms with Crippen LogP contribution in [0.1, 0.15) is 40.0 Å². The molecule has 1 N–H and O–H groups in total. The summed E-state index contributed by atoms with van der Waals surface area (Å²) in [7, 11) is 1.53. The minimum atomic E-state index is -0.862. The second-order valence-electron chi connectivity index (χ2n) is 9.26. The Balaban J connectivity index is 3.11. The van der Waals surface area contributed by atoms with E-state index in [0.29, 0.717) is 29.8 Å². The SMILES string of the molecule is C=CCOCC1CCCN1C(=O)[C@H](C/C(=C/C(=C)Cl)C(=C)Br)N(C)C(=O)CNC(=O)OC(C)(C)C. The molecular weight excluding hydrogens is 538 g/mol. The van der Waals surface area contributed by atoms with Gasteiger partial charge in [0.2, 0.25) is 11.8 Å². The van der Waals surface area contributed by atoms with Crippen molar-refractivity contribution in [1.82, 2.24) is 15.1 Å². The largest absolute Gasteiger partial charge is 0.444 e. The molecule has 0 radical (unpaired) electrons. The molecule has 1 saturated heterocycles. The number of carbonyl (C=O) groups excluding carboxylic acids is 3. The topological polar surface area (TPSA) is 88.2 Å². The van der Waals surface area contributed by atoms with E-state index in [1.54, 1.807) is 37.8 Å². The molecule has 0 aromatic heterocycles. The second kappa shape index (κ2) is 14.5. The standard InChI is InChI=1S/C25H37BrClN3O5/c1-8-12-34-16-20-10-9-11-30(20)23(32)21(14-19(18(3)26)13-17(2)27)29(7)22(31)15-28-24(33)35-25(4,5)6/h8,13,20-21H,1-3,9-12,14-16H2,4-7H3,(H,28,33)/b19-13-/t20?,21-/m0/s1. The predicted molar refractivity (Wildman–Crippen MR) is 142 cm³/mol. The maximum absolute atomic E-state index is 13.7. The summed E-state index contributed by atoms with van der Waals surface area (Å²) in [5.74, 6) is -0.667. The lowest BCUT2D eigenvalue weighted by Crippen LogP contribution is -2.53. The van der Waals surface area contributed by atoms with Crippen LogP contribution in [0.3, 0.4) is 0 Å². The predicted octanol–water partition coefficient (Wildman–Crippen LogP) is 4.51. The number of nitrogens with zero attached hydrogens (tertiary/aromatic N) is 2. The first-order chi connectivity index (χ1) is 16.3. The Hall–Kier alpha value is -2.10. The van der Waals surface area contributed by atoms with Gasteiger partial charge in [-0.1, -0.05) is 46.8 Å². The van der Waals surface area contributed by atoms with Gasteiger partial charge in [-0.25, -0.2) is 4.79 Å². The van der Waals surface area contributed by atoms with E-state index in [-0.39, 0.29) is 29.9 Å². The van der Waals surface area contributed by atoms with E-state index in [2.05, 4.69) is 41.0 Å². The van der Waals surface area contributed by atoms with Gasteiger partial charge >= 0.3 is 6.09 Å². The molecule has 0 bridgehead atoms. The summed E-state index contributed by atoms with van der Waals surface area (Å²) < 4.78 is 11.3. The fraction of sp³-hybridized carbons (Fsp3) is 0.560. The summed E-state index contributed by atoms with van der Waals surface area (Å²) >= 11 is 9.34. The molecule has 35 heavy (non-hydrogen) atoms. The van der Waals surface area contributed by atoms with Gasteiger partial charge in [0.1, 0.15) is 18.2 Å². The van der Waals surface area contributed by atoms with E-state index in [0.717, 1.165) is 12.8 Å². The first-order valence-electron chi connectivity index (χ1n) is 11.4. The number of likely N-dealkylation sites (tertiary alicyclic amines) is 1. The molecule has 0 aromatic rings. The third-order valence-electron chi connectivity index (χ3n) is 5.23. The average Bonchev–Trinajstić information content (AvgIpc) is 3.21. The quantitative estimate of drug-likeness (QED) is 0.211. The number of likely N-dealkylation sites (N-methyl/N-ethyl adjacent to an activating group) is 1. The van der Waals surface area contributed by atoms with Crippen molar-refractivity contribution in [2.24, 2.45) is 0 Å². The summed E-state index contributed by atoms with van der Waals surface area (Å²) in [6.45, 7) is 17.4. The zero-order chi connectivity index (χ0) is 26.8. The summed E-state index contributed by atoms with van der Waals surface area (Å²) in [5, 5.41) is 2.72. The highest BCUT2D eigenvalue weighted by Gasteiger charge is 2.37. The van der Waals surface area contributed by atoms with Crippen molar-refractivity contribution in [1.29, 1.82) is 0 Å². The van der Waals surface area contributed by atoms with Crippen LogP contribution in [-0.2, 0) is 19.1 Å². The molecule has 1 aliphatic rings. The van der Waals surface area contributed by atoms with Crippen molar-refractivity contribution in [3.63, 3.8) is 0 Å². The van der Waals surface area contributed by atoms with Gasteiger partial charge in [-0.3, -0.25) is 9.59 Å². The van der Waals surface area contributed by atoms with Crippen LogP contribution in [-0.4, -0.2) is 78.7 Å². The van der Waals surface area contributed by atoms with Crippen molar-refractivity contribution in [2.45, 2.75) is 57.7 Å². The van der Waals surface area contributed by atoms with E-state index in [1.807, 2.05) is 0 Å². The average molecular weight is 575 g/mol. The molecule has 2 atom stereocenters. The van der Waals surface area contributed by atoms with Crippen LogP contribution in [0.15, 0.2) is 47.0 Å². The van der Waals surface area contributed by atoms with Crippen molar-refractivity contribution < 1.29 is 23.9 Å². The summed E-state index contributed by atoms with van der Waals surface area (Å²) in [4.78, 5) is 41.8. The van der Waals surface area contributed by atoms with Crippen LogP contribution in [0.4, 0.5) is 4.79 Å². The van der Waals surface area contributed by atoms with Crippen LogP contribution < -0.4 is 5.32 Å². The number of hydrogen-bond acceptors (Lipinski definition) is 5. The van der Waals surface area contributed by atoms with Gasteiger partial charge in [-0.15, -0.1) is 6.58 Å². The van der Waals surface area contributed by atoms with Crippen LogP contribution in [0.25, 0.3) is 0 Å². The number of carbonyl (C=O) groups is 3. The number of rotatable bonds is 12. The molecule has 1 aliphatic heterocycles. The van der Waals surface area contributed by atoms with Gasteiger partial charge in [-0.05, 0) is 45.3 Å². The van der Waals surface area contributed by atoms with Gasteiger partial charge in [0.25, 0.3) is 0 Å². The lowest BCUT2D eigenvalue weighted by atomic mass is 10.0. The van der Waals surface area contributed by atoms with Crippen molar-refractivity contribution >= 4 is 45.4 Å². The Bertz CT molecular complexity index is 853. The molecule has 1 fully saturated rings. The second-order valence-corrected chi connectivity index (χ2v) is 10.7. The highest BCUT2D eigenvalue weighted by Crippen LogP contribution is 2.27. The number of ether oxygens (including phenoxy) is 2. The van der Waals surface area contributed by atoms with Crippen LogP contribution in [0, 0.1) is 0 Å². The maximum atomic E-state index is 13.7. The normalized spacial score (nSPS) is 16.9. The molecule has 0 aliphatic carbocycles. The summed E-state index contributed by atoms with van der Waals surface area (Å²) in [6.07, 6.45) is 4.34. The maximum Gasteiger partial charge on any atom is 0.408 e. The minimum absolute atomic E-state index is 0.101. The number of alkyl carbamates (subject to hydrolysis) is 1. The first kappa shape index (κ1) is 30.9. The lowest BCUT2D eigenvalue weighted by molar-refractivity contribution is -0.145. The van der Waals surface area contributed by atoms with Crippen molar-refractivity contribution in [2.75, 3.05) is 33.4 Å². The van der Waals surface area contributed by atoms with Crippen LogP contribution in [0.2, 0.25) is 0 Å². The zero-order valence-corrected chi connectivity index (χ0v) is 23.4. The molecule has 1 unspecified atom stereocenters. The molecule has 1 heterocycles. The third kappa shape index (κ3) is 11.0. The Morgan fingerprint density at radius 1 is 1.31 bits per heavy atom. The van der Waals surface area contributed by atoms with Gasteiger partial charge in [0.05, 0.1) is 19.3 Å². The summed E-state index contributed by atoms with van der Waals surface area (Å²) in [6, 6.07) is -0.963. The minimum Gasteiger partial charge on any atom is -0.444 e. The fourth-order valence-electron chi connectivity index (χ4n) is 3.57. The fourth-order valence-corrected chi connectivity index (χ4v) is 3.98. The zero-order valence-electron chi connectivity index (χ0n) is 21.1. The highest BCUT2D eigenvalue weighted by atomic mass is 79.9. The molecule has 10 heteroatoms. The Kier molecular flexibility index (Phi) is 12.8. The number of halogens is 2. The number of allylic oxidation sites excluding steroid dienone is 3. The summed E-state index contributed by atoms with van der Waals surface area (Å²) in [5.41, 5.74) is -0.0719. The monoisotopic (exact) mass is 573 g/mol. The Morgan fingerprint density at radius 3 is 2.51 bits per heavy atom. The molecule has 1 rings (SSSR count). The number of nitrogens with one attached hydrogen (secondary N) is 1. The number of hydrogen-bond donors (Lipinski definition) is 1. The van der Waals surface area contributed by atoms with Crippen LogP contribution in [0.5, 0.6) is 0 Å². The van der Waals surface area contributed by atoms with Gasteiger partial charge in [0, 0.05) is 29.5 Å². The van der Waals surface area contributed by atoms with Gasteiger partial charge < -0.3 is 24.6 Å². The van der Waals surface area contributed by atoms with Crippen molar-refractivity contribution in [3.8, 4) is 0 Å². The molecule has 8 nitrogen and oxygen atoms in total. The van der Waals surface area contributed by atoms with Gasteiger partial charge in [-0.2, -0.15) is 0 Å². The number of amides is 3. The van der Waals surface area contributed by atoms with Crippen LogP contribution >= 0.6 is 27.5 Å². The van der Waals surface area contributed by atoms with E-state index in [4.69, 9.17) is 21.1 Å². The van der Waals surface area contributed by atoms with E-state index in [1.165, 1.54) is 11.9 Å². The Morgan fingerprint density at radius 2 is 1.97 bits per heavy atom. The molecule has 196 valence electrons. The van der Waals surface area contributed by atoms with E-state index in [9.17, 15) is 14.4 Å². The molecule has 0 spiro atoms. The molecule has 0 saturated carbocycles. The van der Waals surface area contributed by atoms with E-state index >= 15 is 0 Å². The third-order valence-corrected chi connectivity index (χ3v) is 5.85.